The maximum atomic E-state index is 13.5. The molecule has 3 heterocycles. The second-order valence-electron chi connectivity index (χ2n) is 8.22. The molecule has 2 aromatic carbocycles. The van der Waals surface area contributed by atoms with Crippen LogP contribution in [0.25, 0.3) is 11.3 Å². The molecule has 0 radical (unpaired) electrons. The van der Waals surface area contributed by atoms with Crippen LogP contribution >= 0.6 is 0 Å². The number of benzene rings is 2. The van der Waals surface area contributed by atoms with Gasteiger partial charge >= 0.3 is 0 Å². The molecule has 5 rings (SSSR count). The highest BCUT2D eigenvalue weighted by Gasteiger charge is 2.44. The number of hydrogen-bond acceptors (Lipinski definition) is 6. The molecule has 0 bridgehead atoms. The number of aromatic hydroxyl groups is 1. The molecule has 2 aliphatic rings. The van der Waals surface area contributed by atoms with Gasteiger partial charge in [-0.05, 0) is 49.6 Å². The average Bonchev–Trinajstić information content (AvgIpc) is 3.55. The first-order valence-corrected chi connectivity index (χ1v) is 11.2. The number of phenolic OH excluding ortho intramolecular Hbond substituents is 1. The number of hydrogen-bond donors (Lipinski definition) is 2. The molecule has 1 aromatic heterocycles. The van der Waals surface area contributed by atoms with Crippen molar-refractivity contribution in [3.63, 3.8) is 0 Å². The van der Waals surface area contributed by atoms with Crippen molar-refractivity contribution in [3.8, 4) is 28.5 Å². The molecule has 1 amide bonds. The van der Waals surface area contributed by atoms with Gasteiger partial charge in [-0.1, -0.05) is 18.2 Å². The first-order chi connectivity index (χ1) is 16.1. The minimum absolute atomic E-state index is 0.00779. The summed E-state index contributed by atoms with van der Waals surface area (Å²) in [6, 6.07) is 12.3. The molecule has 1 saturated heterocycles. The van der Waals surface area contributed by atoms with Gasteiger partial charge in [0.25, 0.3) is 5.91 Å². The minimum atomic E-state index is -0.408. The SMILES string of the molecule is CCOc1ccc([C@@H]2c3c(-c4ccccc4O)n[nH]c3C(=O)N2C[C@@H]2CCCO2)cc1OC. The number of H-pyrrole nitrogens is 1. The van der Waals surface area contributed by atoms with E-state index in [1.165, 1.54) is 0 Å². The third kappa shape index (κ3) is 3.70. The Labute approximate surface area is 192 Å². The van der Waals surface area contributed by atoms with Crippen LogP contribution < -0.4 is 9.47 Å². The van der Waals surface area contributed by atoms with E-state index in [9.17, 15) is 9.90 Å². The van der Waals surface area contributed by atoms with E-state index in [1.54, 1.807) is 25.3 Å². The number of phenols is 1. The molecule has 2 N–H and O–H groups in total. The largest absolute Gasteiger partial charge is 0.507 e. The number of carbonyl (C=O) groups is 1. The van der Waals surface area contributed by atoms with Crippen LogP contribution in [-0.4, -0.2) is 59.1 Å². The first-order valence-electron chi connectivity index (χ1n) is 11.2. The molecule has 8 heteroatoms. The van der Waals surface area contributed by atoms with E-state index < -0.39 is 6.04 Å². The summed E-state index contributed by atoms with van der Waals surface area (Å²) in [6.45, 7) is 3.63. The van der Waals surface area contributed by atoms with Gasteiger partial charge in [-0.15, -0.1) is 0 Å². The Balaban J connectivity index is 1.64. The summed E-state index contributed by atoms with van der Waals surface area (Å²) in [6.07, 6.45) is 1.90. The zero-order chi connectivity index (χ0) is 22.9. The third-order valence-electron chi connectivity index (χ3n) is 6.25. The Morgan fingerprint density at radius 1 is 1.24 bits per heavy atom. The van der Waals surface area contributed by atoms with Gasteiger partial charge in [0, 0.05) is 24.3 Å². The lowest BCUT2D eigenvalue weighted by Gasteiger charge is -2.29. The number of nitrogens with one attached hydrogen (secondary N) is 1. The van der Waals surface area contributed by atoms with Crippen molar-refractivity contribution in [2.75, 3.05) is 26.9 Å². The molecule has 1 fully saturated rings. The second kappa shape index (κ2) is 8.78. The lowest BCUT2D eigenvalue weighted by molar-refractivity contribution is 0.0495. The van der Waals surface area contributed by atoms with Crippen molar-refractivity contribution in [2.45, 2.75) is 31.9 Å². The number of aromatic amines is 1. The molecule has 0 spiro atoms. The summed E-state index contributed by atoms with van der Waals surface area (Å²) < 4.78 is 17.1. The fraction of sp³-hybridized carbons (Fsp3) is 0.360. The second-order valence-corrected chi connectivity index (χ2v) is 8.22. The van der Waals surface area contributed by atoms with Gasteiger partial charge in [0.05, 0.1) is 25.9 Å². The van der Waals surface area contributed by atoms with Crippen molar-refractivity contribution < 1.29 is 24.1 Å². The monoisotopic (exact) mass is 449 g/mol. The van der Waals surface area contributed by atoms with Gasteiger partial charge in [0.15, 0.2) is 11.5 Å². The highest BCUT2D eigenvalue weighted by molar-refractivity contribution is 6.00. The fourth-order valence-corrected chi connectivity index (χ4v) is 4.75. The van der Waals surface area contributed by atoms with E-state index in [4.69, 9.17) is 14.2 Å². The molecule has 0 aliphatic carbocycles. The topological polar surface area (TPSA) is 96.9 Å². The number of para-hydroxylation sites is 1. The van der Waals surface area contributed by atoms with Crippen LogP contribution in [0.3, 0.4) is 0 Å². The molecule has 3 aromatic rings. The highest BCUT2D eigenvalue weighted by Crippen LogP contribution is 2.46. The van der Waals surface area contributed by atoms with E-state index in [1.807, 2.05) is 36.1 Å². The number of rotatable bonds is 7. The van der Waals surface area contributed by atoms with Crippen LogP contribution in [0, 0.1) is 0 Å². The summed E-state index contributed by atoms with van der Waals surface area (Å²) in [4.78, 5) is 15.3. The molecule has 8 nitrogen and oxygen atoms in total. The van der Waals surface area contributed by atoms with E-state index >= 15 is 0 Å². The smallest absolute Gasteiger partial charge is 0.273 e. The number of carbonyl (C=O) groups excluding carboxylic acids is 1. The lowest BCUT2D eigenvalue weighted by Crippen LogP contribution is -2.36. The third-order valence-corrected chi connectivity index (χ3v) is 6.25. The number of fused-ring (bicyclic) bond motifs is 1. The minimum Gasteiger partial charge on any atom is -0.507 e. The van der Waals surface area contributed by atoms with Crippen LogP contribution in [0.5, 0.6) is 17.2 Å². The summed E-state index contributed by atoms with van der Waals surface area (Å²) >= 11 is 0. The molecular weight excluding hydrogens is 422 g/mol. The summed E-state index contributed by atoms with van der Waals surface area (Å²) in [5.41, 5.74) is 3.18. The molecular formula is C25H27N3O5. The number of amides is 1. The van der Waals surface area contributed by atoms with Gasteiger partial charge in [0.1, 0.15) is 17.1 Å². The van der Waals surface area contributed by atoms with E-state index in [-0.39, 0.29) is 17.8 Å². The first kappa shape index (κ1) is 21.3. The standard InChI is InChI=1S/C25H27N3O5/c1-3-32-19-11-10-15(13-20(19)31-2)24-21-22(17-8-4-5-9-18(17)29)26-27-23(21)25(30)28(24)14-16-7-6-12-33-16/h4-5,8-11,13,16,24,29H,3,6-7,12,14H2,1-2H3,(H,26,27)/t16-,24+/m0/s1. The fourth-order valence-electron chi connectivity index (χ4n) is 4.75. The Hall–Kier alpha value is -3.52. The van der Waals surface area contributed by atoms with Crippen LogP contribution in [-0.2, 0) is 4.74 Å². The van der Waals surface area contributed by atoms with Crippen LogP contribution in [0.4, 0.5) is 0 Å². The quantitative estimate of drug-likeness (QED) is 0.568. The van der Waals surface area contributed by atoms with Gasteiger partial charge in [0.2, 0.25) is 0 Å². The van der Waals surface area contributed by atoms with E-state index in [2.05, 4.69) is 10.2 Å². The zero-order valence-corrected chi connectivity index (χ0v) is 18.7. The van der Waals surface area contributed by atoms with Gasteiger partial charge in [-0.25, -0.2) is 0 Å². The van der Waals surface area contributed by atoms with Crippen molar-refractivity contribution in [2.24, 2.45) is 0 Å². The predicted octanol–water partition coefficient (Wildman–Crippen LogP) is 3.91. The van der Waals surface area contributed by atoms with Crippen molar-refractivity contribution in [1.29, 1.82) is 0 Å². The molecule has 0 saturated carbocycles. The molecule has 0 unspecified atom stereocenters. The van der Waals surface area contributed by atoms with Crippen LogP contribution in [0.2, 0.25) is 0 Å². The highest BCUT2D eigenvalue weighted by atomic mass is 16.5. The Morgan fingerprint density at radius 3 is 2.82 bits per heavy atom. The van der Waals surface area contributed by atoms with Gasteiger partial charge in [-0.2, -0.15) is 5.10 Å². The Morgan fingerprint density at radius 2 is 2.09 bits per heavy atom. The predicted molar refractivity (Wildman–Crippen MR) is 122 cm³/mol. The zero-order valence-electron chi connectivity index (χ0n) is 18.7. The summed E-state index contributed by atoms with van der Waals surface area (Å²) in [5, 5.41) is 17.9. The molecule has 33 heavy (non-hydrogen) atoms. The molecule has 2 aliphatic heterocycles. The van der Waals surface area contributed by atoms with Crippen LogP contribution in [0.1, 0.15) is 47.4 Å². The van der Waals surface area contributed by atoms with Gasteiger partial charge < -0.3 is 24.2 Å². The van der Waals surface area contributed by atoms with Crippen LogP contribution in [0.15, 0.2) is 42.5 Å². The number of methoxy groups -OCH3 is 1. The number of aromatic nitrogens is 2. The Kier molecular flexibility index (Phi) is 5.68. The average molecular weight is 450 g/mol. The normalized spacial score (nSPS) is 19.7. The van der Waals surface area contributed by atoms with E-state index in [0.717, 1.165) is 24.0 Å². The maximum Gasteiger partial charge on any atom is 0.273 e. The molecule has 2 atom stereocenters. The lowest BCUT2D eigenvalue weighted by atomic mass is 9.95. The van der Waals surface area contributed by atoms with Crippen molar-refractivity contribution in [1.82, 2.24) is 15.1 Å². The number of nitrogens with zero attached hydrogens (tertiary/aromatic N) is 2. The summed E-state index contributed by atoms with van der Waals surface area (Å²) in [7, 11) is 1.60. The van der Waals surface area contributed by atoms with Crippen molar-refractivity contribution >= 4 is 5.91 Å². The maximum absolute atomic E-state index is 13.5. The van der Waals surface area contributed by atoms with Gasteiger partial charge in [-0.3, -0.25) is 9.89 Å². The van der Waals surface area contributed by atoms with E-state index in [0.29, 0.717) is 48.2 Å². The number of ether oxygens (including phenoxy) is 3. The Bertz CT molecular complexity index is 1170. The molecule has 172 valence electrons. The van der Waals surface area contributed by atoms with Crippen molar-refractivity contribution in [3.05, 3.63) is 59.3 Å². The summed E-state index contributed by atoms with van der Waals surface area (Å²) in [5.74, 6) is 1.22.